The normalized spacial score (nSPS) is 20.6. The van der Waals surface area contributed by atoms with E-state index < -0.39 is 0 Å². The van der Waals surface area contributed by atoms with Gasteiger partial charge >= 0.3 is 0 Å². The van der Waals surface area contributed by atoms with E-state index in [1.165, 1.54) is 12.8 Å². The molecule has 1 aliphatic carbocycles. The van der Waals surface area contributed by atoms with E-state index in [0.717, 1.165) is 24.2 Å². The second kappa shape index (κ2) is 6.64. The second-order valence-corrected chi connectivity index (χ2v) is 4.35. The van der Waals surface area contributed by atoms with Gasteiger partial charge in [-0.2, -0.15) is 0 Å². The molecule has 0 spiro atoms. The molecule has 1 atom stereocenters. The predicted molar refractivity (Wildman–Crippen MR) is 66.4 cm³/mol. The summed E-state index contributed by atoms with van der Waals surface area (Å²) in [6.45, 7) is 8.63. The van der Waals surface area contributed by atoms with Gasteiger partial charge in [0.25, 0.3) is 0 Å². The molecule has 1 aliphatic rings. The fourth-order valence-corrected chi connectivity index (χ4v) is 2.04. The van der Waals surface area contributed by atoms with Crippen molar-refractivity contribution in [1.29, 1.82) is 0 Å². The van der Waals surface area contributed by atoms with Gasteiger partial charge in [0.05, 0.1) is 6.10 Å². The average Bonchev–Trinajstić information content (AvgIpc) is 2.53. The summed E-state index contributed by atoms with van der Waals surface area (Å²) in [5, 5.41) is 0. The van der Waals surface area contributed by atoms with Crippen LogP contribution in [0.5, 0.6) is 0 Å². The maximum Gasteiger partial charge on any atom is 0.162 e. The predicted octanol–water partition coefficient (Wildman–Crippen LogP) is 3.43. The van der Waals surface area contributed by atoms with E-state index in [2.05, 4.69) is 13.5 Å². The van der Waals surface area contributed by atoms with Gasteiger partial charge in [-0.15, -0.1) is 6.58 Å². The summed E-state index contributed by atoms with van der Waals surface area (Å²) in [4.78, 5) is 11.7. The number of allylic oxidation sites excluding steroid dienone is 2. The van der Waals surface area contributed by atoms with Gasteiger partial charge in [0, 0.05) is 18.6 Å². The number of hydrogen-bond acceptors (Lipinski definition) is 2. The topological polar surface area (TPSA) is 26.3 Å². The molecule has 0 saturated carbocycles. The fraction of sp³-hybridized carbons (Fsp3) is 0.643. The van der Waals surface area contributed by atoms with E-state index in [1.54, 1.807) is 6.08 Å². The lowest BCUT2D eigenvalue weighted by atomic mass is 10.1. The van der Waals surface area contributed by atoms with Gasteiger partial charge in [0.15, 0.2) is 5.78 Å². The molecule has 0 bridgehead atoms. The molecular weight excluding hydrogens is 200 g/mol. The molecule has 1 unspecified atom stereocenters. The zero-order valence-corrected chi connectivity index (χ0v) is 10.4. The van der Waals surface area contributed by atoms with Crippen molar-refractivity contribution in [2.24, 2.45) is 0 Å². The first-order valence-electron chi connectivity index (χ1n) is 6.16. The minimum absolute atomic E-state index is 0.0271. The van der Waals surface area contributed by atoms with E-state index in [1.807, 2.05) is 6.92 Å². The lowest BCUT2D eigenvalue weighted by Crippen LogP contribution is -2.12. The molecule has 0 saturated heterocycles. The van der Waals surface area contributed by atoms with Gasteiger partial charge in [-0.3, -0.25) is 4.79 Å². The Morgan fingerprint density at radius 3 is 2.88 bits per heavy atom. The van der Waals surface area contributed by atoms with Crippen molar-refractivity contribution in [3.05, 3.63) is 23.8 Å². The van der Waals surface area contributed by atoms with Crippen molar-refractivity contribution >= 4 is 5.78 Å². The maximum atomic E-state index is 11.7. The number of ketones is 1. The Bertz CT molecular complexity index is 289. The summed E-state index contributed by atoms with van der Waals surface area (Å²) in [5.41, 5.74) is 2.02. The molecule has 2 heteroatoms. The second-order valence-electron chi connectivity index (χ2n) is 4.35. The Morgan fingerprint density at radius 1 is 1.50 bits per heavy atom. The summed E-state index contributed by atoms with van der Waals surface area (Å²) in [7, 11) is 0. The molecule has 2 nitrogen and oxygen atoms in total. The van der Waals surface area contributed by atoms with Crippen molar-refractivity contribution < 1.29 is 9.53 Å². The molecule has 0 N–H and O–H groups in total. The minimum Gasteiger partial charge on any atom is -0.373 e. The zero-order chi connectivity index (χ0) is 12.0. The van der Waals surface area contributed by atoms with E-state index in [0.29, 0.717) is 12.8 Å². The molecule has 0 aliphatic heterocycles. The van der Waals surface area contributed by atoms with Crippen molar-refractivity contribution in [2.45, 2.75) is 52.1 Å². The molecule has 0 fully saturated rings. The highest BCUT2D eigenvalue weighted by atomic mass is 16.5. The number of unbranched alkanes of at least 4 members (excludes halogenated alkanes) is 2. The Kier molecular flexibility index (Phi) is 5.47. The maximum absolute atomic E-state index is 11.7. The largest absolute Gasteiger partial charge is 0.373 e. The Labute approximate surface area is 98.4 Å². The Balaban J connectivity index is 2.45. The van der Waals surface area contributed by atoms with Crippen molar-refractivity contribution in [3.8, 4) is 0 Å². The van der Waals surface area contributed by atoms with Crippen LogP contribution in [-0.2, 0) is 9.53 Å². The van der Waals surface area contributed by atoms with Crippen LogP contribution in [0.3, 0.4) is 0 Å². The fourth-order valence-electron chi connectivity index (χ4n) is 2.04. The molecule has 90 valence electrons. The zero-order valence-electron chi connectivity index (χ0n) is 10.4. The number of ether oxygens (including phenoxy) is 1. The van der Waals surface area contributed by atoms with E-state index in [4.69, 9.17) is 4.74 Å². The van der Waals surface area contributed by atoms with Crippen molar-refractivity contribution in [3.63, 3.8) is 0 Å². The molecular formula is C14H22O2. The van der Waals surface area contributed by atoms with Crippen LogP contribution in [0, 0.1) is 0 Å². The quantitative estimate of drug-likeness (QED) is 0.487. The van der Waals surface area contributed by atoms with Crippen LogP contribution in [0.4, 0.5) is 0 Å². The molecule has 0 radical (unpaired) electrons. The number of carbonyl (C=O) groups is 1. The lowest BCUT2D eigenvalue weighted by Gasteiger charge is -2.12. The highest BCUT2D eigenvalue weighted by molar-refractivity contribution is 5.99. The third-order valence-corrected chi connectivity index (χ3v) is 3.08. The monoisotopic (exact) mass is 222 g/mol. The summed E-state index contributed by atoms with van der Waals surface area (Å²) >= 11 is 0. The third-order valence-electron chi connectivity index (χ3n) is 3.08. The van der Waals surface area contributed by atoms with Gasteiger partial charge < -0.3 is 4.74 Å². The lowest BCUT2D eigenvalue weighted by molar-refractivity contribution is -0.116. The molecule has 0 aromatic rings. The van der Waals surface area contributed by atoms with Gasteiger partial charge in [-0.1, -0.05) is 25.8 Å². The highest BCUT2D eigenvalue weighted by Gasteiger charge is 2.28. The number of Topliss-reactive ketones (excluding diaryl/α,β-unsaturated/α-hetero) is 1. The van der Waals surface area contributed by atoms with Crippen LogP contribution in [0.2, 0.25) is 0 Å². The van der Waals surface area contributed by atoms with Crippen LogP contribution < -0.4 is 0 Å². The number of carbonyl (C=O) groups excluding carboxylic acids is 1. The third kappa shape index (κ3) is 3.31. The van der Waals surface area contributed by atoms with Crippen LogP contribution in [0.15, 0.2) is 23.8 Å². The number of rotatable bonds is 7. The van der Waals surface area contributed by atoms with E-state index in [-0.39, 0.29) is 11.9 Å². The summed E-state index contributed by atoms with van der Waals surface area (Å²) in [5.74, 6) is 0.234. The Hall–Kier alpha value is -0.890. The van der Waals surface area contributed by atoms with Crippen LogP contribution in [-0.4, -0.2) is 18.5 Å². The molecule has 16 heavy (non-hydrogen) atoms. The van der Waals surface area contributed by atoms with Crippen LogP contribution in [0.1, 0.15) is 46.0 Å². The average molecular weight is 222 g/mol. The summed E-state index contributed by atoms with van der Waals surface area (Å²) < 4.78 is 5.75. The summed E-state index contributed by atoms with van der Waals surface area (Å²) in [6.07, 6.45) is 6.51. The first-order chi connectivity index (χ1) is 7.70. The standard InChI is InChI=1S/C14H22O2/c1-4-6-7-9-16-14-10-13(15)12(8-5-2)11(14)3/h5,14H,2,4,6-10H2,1,3H3. The van der Waals surface area contributed by atoms with Gasteiger partial charge in [0.1, 0.15) is 0 Å². The van der Waals surface area contributed by atoms with E-state index in [9.17, 15) is 4.79 Å². The first kappa shape index (κ1) is 13.2. The van der Waals surface area contributed by atoms with E-state index >= 15 is 0 Å². The molecule has 1 rings (SSSR count). The highest BCUT2D eigenvalue weighted by Crippen LogP contribution is 2.28. The summed E-state index contributed by atoms with van der Waals surface area (Å²) in [6, 6.07) is 0. The number of hydrogen-bond donors (Lipinski definition) is 0. The van der Waals surface area contributed by atoms with Gasteiger partial charge in [0.2, 0.25) is 0 Å². The van der Waals surface area contributed by atoms with Gasteiger partial charge in [-0.05, 0) is 25.3 Å². The van der Waals surface area contributed by atoms with Crippen LogP contribution in [0.25, 0.3) is 0 Å². The molecule has 0 heterocycles. The SMILES string of the molecule is C=CCC1=C(C)C(OCCCCC)CC1=O. The van der Waals surface area contributed by atoms with Crippen molar-refractivity contribution in [1.82, 2.24) is 0 Å². The van der Waals surface area contributed by atoms with Crippen molar-refractivity contribution in [2.75, 3.05) is 6.61 Å². The van der Waals surface area contributed by atoms with Gasteiger partial charge in [-0.25, -0.2) is 0 Å². The molecule has 0 aromatic carbocycles. The molecule has 0 amide bonds. The van der Waals surface area contributed by atoms with Crippen LogP contribution >= 0.6 is 0 Å². The Morgan fingerprint density at radius 2 is 2.25 bits per heavy atom. The smallest absolute Gasteiger partial charge is 0.162 e. The first-order valence-corrected chi connectivity index (χ1v) is 6.16. The molecule has 0 aromatic heterocycles. The minimum atomic E-state index is 0.0271.